The van der Waals surface area contributed by atoms with Gasteiger partial charge in [0.05, 0.1) is 0 Å². The van der Waals surface area contributed by atoms with Gasteiger partial charge < -0.3 is 13.3 Å². The summed E-state index contributed by atoms with van der Waals surface area (Å²) < 4.78 is 17.6. The molecule has 0 atom stereocenters. The minimum absolute atomic E-state index is 0. The highest BCUT2D eigenvalue weighted by molar-refractivity contribution is 6.60. The van der Waals surface area contributed by atoms with E-state index in [4.69, 9.17) is 13.3 Å². The van der Waals surface area contributed by atoms with E-state index in [-0.39, 0.29) is 11.0 Å². The lowest BCUT2D eigenvalue weighted by atomic mass is 10.1. The molecule has 0 aliphatic heterocycles. The molecule has 0 aliphatic carbocycles. The van der Waals surface area contributed by atoms with E-state index < -0.39 is 8.80 Å². The zero-order valence-electron chi connectivity index (χ0n) is 14.2. The summed E-state index contributed by atoms with van der Waals surface area (Å²) in [6.45, 7) is 10.4. The van der Waals surface area contributed by atoms with E-state index in [1.54, 1.807) is 0 Å². The summed E-state index contributed by atoms with van der Waals surface area (Å²) >= 11 is 0. The Hall–Kier alpha value is 0.314. The monoisotopic (exact) mass is 336 g/mol. The van der Waals surface area contributed by atoms with Crippen LogP contribution in [0.3, 0.4) is 0 Å². The Bertz CT molecular complexity index is 187. The first kappa shape index (κ1) is 23.6. The second kappa shape index (κ2) is 16.7. The van der Waals surface area contributed by atoms with Crippen molar-refractivity contribution < 1.29 is 13.3 Å². The van der Waals surface area contributed by atoms with Gasteiger partial charge in [-0.25, -0.2) is 0 Å². The molecule has 0 aromatic rings. The Morgan fingerprint density at radius 2 is 0.952 bits per heavy atom. The molecule has 0 aliphatic rings. The van der Waals surface area contributed by atoms with Gasteiger partial charge in [-0.05, 0) is 38.2 Å². The maximum absolute atomic E-state index is 5.86. The minimum atomic E-state index is -2.38. The van der Waals surface area contributed by atoms with Crippen molar-refractivity contribution in [3.8, 4) is 0 Å². The summed E-state index contributed by atoms with van der Waals surface area (Å²) in [5.74, 6) is 0. The molecule has 0 amide bonds. The van der Waals surface area contributed by atoms with E-state index in [0.717, 1.165) is 6.04 Å². The van der Waals surface area contributed by atoms with Crippen LogP contribution >= 0.6 is 0 Å². The van der Waals surface area contributed by atoms with Crippen LogP contribution in [0.15, 0.2) is 0 Å². The third kappa shape index (κ3) is 12.5. The van der Waals surface area contributed by atoms with Crippen LogP contribution in [0.25, 0.3) is 0 Å². The van der Waals surface area contributed by atoms with E-state index in [2.05, 4.69) is 6.92 Å². The molecule has 0 saturated heterocycles. The molecule has 5 heteroatoms. The summed E-state index contributed by atoms with van der Waals surface area (Å²) in [5, 5.41) is 0. The van der Waals surface area contributed by atoms with Crippen LogP contribution in [0.5, 0.6) is 0 Å². The highest BCUT2D eigenvalue weighted by Crippen LogP contribution is 2.20. The summed E-state index contributed by atoms with van der Waals surface area (Å²) in [5.41, 5.74) is 0. The van der Waals surface area contributed by atoms with E-state index in [1.165, 1.54) is 51.4 Å². The van der Waals surface area contributed by atoms with Gasteiger partial charge in [-0.2, -0.15) is 0 Å². The fourth-order valence-corrected chi connectivity index (χ4v) is 5.16. The highest BCUT2D eigenvalue weighted by Gasteiger charge is 2.39. The van der Waals surface area contributed by atoms with E-state index in [9.17, 15) is 0 Å². The first-order chi connectivity index (χ1) is 9.74. The lowest BCUT2D eigenvalue weighted by Crippen LogP contribution is -2.45. The first-order valence-electron chi connectivity index (χ1n) is 8.66. The van der Waals surface area contributed by atoms with E-state index in [0.29, 0.717) is 19.8 Å². The van der Waals surface area contributed by atoms with Crippen LogP contribution in [0.1, 0.15) is 79.1 Å². The average molecular weight is 337 g/mol. The van der Waals surface area contributed by atoms with Crippen LogP contribution < -0.4 is 0 Å². The zero-order valence-corrected chi connectivity index (χ0v) is 15.2. The van der Waals surface area contributed by atoms with Crippen molar-refractivity contribution >= 4 is 19.8 Å². The average Bonchev–Trinajstić information content (AvgIpc) is 2.43. The van der Waals surface area contributed by atoms with Crippen molar-refractivity contribution in [3.63, 3.8) is 0 Å². The Morgan fingerprint density at radius 3 is 1.33 bits per heavy atom. The van der Waals surface area contributed by atoms with E-state index in [1.807, 2.05) is 20.8 Å². The Balaban J connectivity index is 0. The summed E-state index contributed by atoms with van der Waals surface area (Å²) in [6, 6.07) is 0.970. The largest absolute Gasteiger partial charge is 0.500 e. The van der Waals surface area contributed by atoms with Crippen LogP contribution in [0.2, 0.25) is 6.04 Å². The van der Waals surface area contributed by atoms with Gasteiger partial charge >= 0.3 is 8.80 Å². The fraction of sp³-hybridized carbons (Fsp3) is 1.00. The predicted molar refractivity (Wildman–Crippen MR) is 99.4 cm³/mol. The Kier molecular flexibility index (Phi) is 18.7. The number of unbranched alkanes of at least 4 members (excludes halogenated alkanes) is 7. The van der Waals surface area contributed by atoms with Crippen molar-refractivity contribution in [3.05, 3.63) is 0 Å². The smallest absolute Gasteiger partial charge is 0.374 e. The molecule has 0 rings (SSSR count). The number of hydrogen-bond acceptors (Lipinski definition) is 3. The van der Waals surface area contributed by atoms with Crippen LogP contribution in [0.4, 0.5) is 0 Å². The van der Waals surface area contributed by atoms with Gasteiger partial charge in [-0.1, -0.05) is 51.9 Å². The molecule has 130 valence electrons. The molecule has 0 unspecified atom stereocenters. The zero-order chi connectivity index (χ0) is 15.1. The third-order valence-corrected chi connectivity index (χ3v) is 6.58. The van der Waals surface area contributed by atoms with Gasteiger partial charge in [0.2, 0.25) is 0 Å². The second-order valence-corrected chi connectivity index (χ2v) is 7.94. The van der Waals surface area contributed by atoms with Crippen molar-refractivity contribution in [2.45, 2.75) is 85.1 Å². The maximum atomic E-state index is 5.86. The van der Waals surface area contributed by atoms with Crippen LogP contribution in [-0.2, 0) is 13.3 Å². The standard InChI is InChI=1S/C16H36O3Si.H4Si/c1-5-9-10-11-12-13-14-15-16-20(17-6-2,18-7-3)19-8-4;/h5-16H2,1-4H3;1H4. The lowest BCUT2D eigenvalue weighted by Gasteiger charge is -2.28. The van der Waals surface area contributed by atoms with Crippen molar-refractivity contribution in [2.24, 2.45) is 0 Å². The molecule has 0 N–H and O–H groups in total. The molecule has 0 radical (unpaired) electrons. The Labute approximate surface area is 138 Å². The molecule has 0 heterocycles. The summed E-state index contributed by atoms with van der Waals surface area (Å²) in [4.78, 5) is 0. The molecular weight excluding hydrogens is 296 g/mol. The normalized spacial score (nSPS) is 11.4. The van der Waals surface area contributed by atoms with Crippen molar-refractivity contribution in [2.75, 3.05) is 19.8 Å². The summed E-state index contributed by atoms with van der Waals surface area (Å²) in [7, 11) is -2.38. The molecule has 3 nitrogen and oxygen atoms in total. The van der Waals surface area contributed by atoms with Gasteiger partial charge in [-0.3, -0.25) is 0 Å². The molecule has 0 aromatic heterocycles. The molecule has 21 heavy (non-hydrogen) atoms. The number of hydrogen-bond donors (Lipinski definition) is 0. The fourth-order valence-electron chi connectivity index (χ4n) is 2.48. The summed E-state index contributed by atoms with van der Waals surface area (Å²) in [6.07, 6.45) is 10.6. The SMILES string of the molecule is CCCCCCCCCC[Si](OCC)(OCC)OCC.[SiH4]. The van der Waals surface area contributed by atoms with Gasteiger partial charge in [0.1, 0.15) is 0 Å². The van der Waals surface area contributed by atoms with Crippen LogP contribution in [-0.4, -0.2) is 39.6 Å². The van der Waals surface area contributed by atoms with Crippen molar-refractivity contribution in [1.29, 1.82) is 0 Å². The van der Waals surface area contributed by atoms with Gasteiger partial charge in [-0.15, -0.1) is 0 Å². The lowest BCUT2D eigenvalue weighted by molar-refractivity contribution is 0.0706. The molecule has 0 bridgehead atoms. The molecule has 0 aromatic carbocycles. The molecule has 0 saturated carbocycles. The predicted octanol–water partition coefficient (Wildman–Crippen LogP) is 3.72. The van der Waals surface area contributed by atoms with Crippen molar-refractivity contribution in [1.82, 2.24) is 0 Å². The molecular formula is C16H40O3Si2. The maximum Gasteiger partial charge on any atom is 0.500 e. The first-order valence-corrected chi connectivity index (χ1v) is 10.6. The van der Waals surface area contributed by atoms with Gasteiger partial charge in [0.15, 0.2) is 0 Å². The number of rotatable bonds is 15. The van der Waals surface area contributed by atoms with Crippen LogP contribution in [0, 0.1) is 0 Å². The highest BCUT2D eigenvalue weighted by atomic mass is 28.4. The van der Waals surface area contributed by atoms with Gasteiger partial charge in [0, 0.05) is 25.9 Å². The van der Waals surface area contributed by atoms with Gasteiger partial charge in [0.25, 0.3) is 0 Å². The molecule has 0 fully saturated rings. The quantitative estimate of drug-likeness (QED) is 0.337. The Morgan fingerprint density at radius 1 is 0.571 bits per heavy atom. The van der Waals surface area contributed by atoms with E-state index >= 15 is 0 Å². The second-order valence-electron chi connectivity index (χ2n) is 5.21. The molecule has 0 spiro atoms. The topological polar surface area (TPSA) is 27.7 Å². The minimum Gasteiger partial charge on any atom is -0.374 e. The third-order valence-electron chi connectivity index (χ3n) is 3.43.